The zero-order valence-electron chi connectivity index (χ0n) is 22.5. The van der Waals surface area contributed by atoms with Gasteiger partial charge in [0.1, 0.15) is 18.9 Å². The van der Waals surface area contributed by atoms with E-state index in [4.69, 9.17) is 19.1 Å². The summed E-state index contributed by atoms with van der Waals surface area (Å²) in [6, 6.07) is 0. The van der Waals surface area contributed by atoms with Crippen molar-refractivity contribution in [3.63, 3.8) is 0 Å². The molecule has 0 aromatic heterocycles. The number of hydrogen-bond acceptors (Lipinski definition) is 8. The van der Waals surface area contributed by atoms with Crippen molar-refractivity contribution in [2.45, 2.75) is 91.3 Å². The van der Waals surface area contributed by atoms with E-state index in [9.17, 15) is 9.59 Å². The van der Waals surface area contributed by atoms with Crippen molar-refractivity contribution in [2.75, 3.05) is 13.7 Å². The van der Waals surface area contributed by atoms with Crippen molar-refractivity contribution in [1.82, 2.24) is 0 Å². The van der Waals surface area contributed by atoms with Gasteiger partial charge in [0.05, 0.1) is 12.5 Å². The number of allylic oxidation sites excluding steroid dienone is 1. The van der Waals surface area contributed by atoms with Crippen LogP contribution < -0.4 is 0 Å². The third-order valence-corrected chi connectivity index (χ3v) is 10.5. The zero-order chi connectivity index (χ0) is 25.9. The Morgan fingerprint density at radius 2 is 1.97 bits per heavy atom. The summed E-state index contributed by atoms with van der Waals surface area (Å²) in [5.41, 5.74) is 1.65. The maximum atomic E-state index is 12.9. The van der Waals surface area contributed by atoms with Gasteiger partial charge < -0.3 is 19.1 Å². The quantitative estimate of drug-likeness (QED) is 0.232. The largest absolute Gasteiger partial charge is 0.462 e. The molecular formula is C28H40N2O6. The molecule has 5 aliphatic rings. The minimum Gasteiger partial charge on any atom is -0.462 e. The van der Waals surface area contributed by atoms with Crippen LogP contribution in [0.4, 0.5) is 0 Å². The minimum atomic E-state index is -0.807. The van der Waals surface area contributed by atoms with Gasteiger partial charge in [-0.3, -0.25) is 4.79 Å². The van der Waals surface area contributed by atoms with E-state index in [1.165, 1.54) is 12.5 Å². The van der Waals surface area contributed by atoms with Crippen molar-refractivity contribution in [3.8, 4) is 0 Å². The van der Waals surface area contributed by atoms with Gasteiger partial charge in [-0.2, -0.15) is 0 Å². The lowest BCUT2D eigenvalue weighted by molar-refractivity contribution is -0.149. The fourth-order valence-electron chi connectivity index (χ4n) is 8.97. The molecule has 3 fully saturated rings. The molecule has 3 saturated carbocycles. The molecule has 8 nitrogen and oxygen atoms in total. The lowest BCUT2D eigenvalue weighted by Crippen LogP contribution is -2.59. The van der Waals surface area contributed by atoms with Crippen LogP contribution in [0.3, 0.4) is 0 Å². The molecule has 0 N–H and O–H groups in total. The van der Waals surface area contributed by atoms with Gasteiger partial charge in [0.25, 0.3) is 0 Å². The Balaban J connectivity index is 1.50. The van der Waals surface area contributed by atoms with Crippen LogP contribution in [0.2, 0.25) is 0 Å². The highest BCUT2D eigenvalue weighted by atomic mass is 16.7. The van der Waals surface area contributed by atoms with E-state index in [1.54, 1.807) is 7.11 Å². The fraction of sp³-hybridized carbons (Fsp3) is 0.786. The van der Waals surface area contributed by atoms with Crippen LogP contribution in [0.1, 0.15) is 79.6 Å². The third-order valence-electron chi connectivity index (χ3n) is 10.5. The number of ether oxygens (including phenoxy) is 2. The summed E-state index contributed by atoms with van der Waals surface area (Å²) in [5.74, 6) is 0.586. The van der Waals surface area contributed by atoms with Gasteiger partial charge in [-0.15, -0.1) is 0 Å². The zero-order valence-corrected chi connectivity index (χ0v) is 22.5. The van der Waals surface area contributed by atoms with Crippen molar-refractivity contribution >= 4 is 23.4 Å². The summed E-state index contributed by atoms with van der Waals surface area (Å²) < 4.78 is 11.0. The van der Waals surface area contributed by atoms with Crippen LogP contribution in [-0.2, 0) is 28.7 Å². The van der Waals surface area contributed by atoms with Crippen molar-refractivity contribution < 1.29 is 28.7 Å². The number of carbonyl (C=O) groups excluding carboxylic acids is 2. The molecule has 0 amide bonds. The highest BCUT2D eigenvalue weighted by Gasteiger charge is 2.74. The number of carbonyl (C=O) groups is 2. The molecule has 198 valence electrons. The average molecular weight is 501 g/mol. The summed E-state index contributed by atoms with van der Waals surface area (Å²) in [6.07, 6.45) is 9.07. The normalized spacial score (nSPS) is 43.1. The van der Waals surface area contributed by atoms with E-state index in [0.717, 1.165) is 50.7 Å². The third kappa shape index (κ3) is 3.38. The van der Waals surface area contributed by atoms with E-state index in [-0.39, 0.29) is 28.8 Å². The van der Waals surface area contributed by atoms with E-state index in [1.807, 2.05) is 13.8 Å². The second-order valence-corrected chi connectivity index (χ2v) is 11.9. The van der Waals surface area contributed by atoms with Crippen LogP contribution in [0.15, 0.2) is 22.0 Å². The number of nitrogens with zero attached hydrogens (tertiary/aromatic N) is 2. The number of rotatable bonds is 5. The smallest absolute Gasteiger partial charge is 0.356 e. The van der Waals surface area contributed by atoms with Crippen LogP contribution in [-0.4, -0.2) is 48.8 Å². The maximum Gasteiger partial charge on any atom is 0.356 e. The van der Waals surface area contributed by atoms with Crippen LogP contribution in [0.5, 0.6) is 0 Å². The molecule has 0 radical (unpaired) electrons. The fourth-order valence-corrected chi connectivity index (χ4v) is 8.97. The number of hydrogen-bond donors (Lipinski definition) is 0. The van der Waals surface area contributed by atoms with Crippen molar-refractivity contribution in [3.05, 3.63) is 11.6 Å². The second-order valence-electron chi connectivity index (χ2n) is 11.9. The van der Waals surface area contributed by atoms with E-state index in [0.29, 0.717) is 30.1 Å². The van der Waals surface area contributed by atoms with Crippen molar-refractivity contribution in [1.29, 1.82) is 0 Å². The average Bonchev–Trinajstić information content (AvgIpc) is 3.33. The van der Waals surface area contributed by atoms with Gasteiger partial charge >= 0.3 is 11.9 Å². The molecule has 8 atom stereocenters. The molecule has 36 heavy (non-hydrogen) atoms. The standard InChI is InChI=1S/C28H40N2O6/c1-7-34-25(32)24-23-15-22-20-9-8-18-14-19(35-17(3)31)10-12-26(18,4)21(20)11-13-27(22,5)28(23,36-30-24)16(2)29-33-6/h8,19-23H,7,9-15H2,1-6H3/b29-16-/t19?,20?,21?,22?,23-,26-,27-,28+/m0/s1. The van der Waals surface area contributed by atoms with Gasteiger partial charge in [-0.05, 0) is 75.5 Å². The topological polar surface area (TPSA) is 95.8 Å². The molecular weight excluding hydrogens is 460 g/mol. The first-order valence-corrected chi connectivity index (χ1v) is 13.5. The van der Waals surface area contributed by atoms with E-state index in [2.05, 4.69) is 30.2 Å². The van der Waals surface area contributed by atoms with Gasteiger partial charge in [0.2, 0.25) is 0 Å². The first-order valence-electron chi connectivity index (χ1n) is 13.5. The van der Waals surface area contributed by atoms with Gasteiger partial charge in [-0.25, -0.2) is 4.79 Å². The molecule has 4 aliphatic carbocycles. The molecule has 1 heterocycles. The van der Waals surface area contributed by atoms with Crippen LogP contribution in [0.25, 0.3) is 0 Å². The predicted molar refractivity (Wildman–Crippen MR) is 134 cm³/mol. The molecule has 0 saturated heterocycles. The Kier molecular flexibility index (Phi) is 6.23. The monoisotopic (exact) mass is 500 g/mol. The van der Waals surface area contributed by atoms with Gasteiger partial charge in [0, 0.05) is 18.8 Å². The van der Waals surface area contributed by atoms with Gasteiger partial charge in [-0.1, -0.05) is 35.8 Å². The number of fused-ring (bicyclic) bond motifs is 7. The molecule has 4 unspecified atom stereocenters. The molecule has 0 spiro atoms. The molecule has 0 aromatic carbocycles. The summed E-state index contributed by atoms with van der Waals surface area (Å²) >= 11 is 0. The summed E-state index contributed by atoms with van der Waals surface area (Å²) in [7, 11) is 1.54. The number of oxime groups is 2. The summed E-state index contributed by atoms with van der Waals surface area (Å²) in [5, 5.41) is 8.66. The highest BCUT2D eigenvalue weighted by Crippen LogP contribution is 2.70. The molecule has 5 rings (SSSR count). The SMILES string of the molecule is CCOC(=O)C1=NO[C@]2(/C(C)=N\OC)[C@H]1CC1C3CC=C4CC(OC(C)=O)CC[C@]4(C)C3CC[C@@]12C. The molecule has 8 heteroatoms. The molecule has 0 aromatic rings. The Morgan fingerprint density at radius 1 is 1.19 bits per heavy atom. The Labute approximate surface area is 213 Å². The lowest BCUT2D eigenvalue weighted by Gasteiger charge is -2.58. The second kappa shape index (κ2) is 8.88. The number of esters is 2. The summed E-state index contributed by atoms with van der Waals surface area (Å²) in [6.45, 7) is 10.3. The molecule has 1 aliphatic heterocycles. The van der Waals surface area contributed by atoms with Gasteiger partial charge in [0.15, 0.2) is 11.3 Å². The first kappa shape index (κ1) is 25.3. The van der Waals surface area contributed by atoms with Crippen LogP contribution >= 0.6 is 0 Å². The van der Waals surface area contributed by atoms with Crippen molar-refractivity contribution in [2.24, 2.45) is 44.8 Å². The Morgan fingerprint density at radius 3 is 2.67 bits per heavy atom. The lowest BCUT2D eigenvalue weighted by atomic mass is 9.46. The van der Waals surface area contributed by atoms with E-state index < -0.39 is 11.6 Å². The first-order chi connectivity index (χ1) is 17.1. The van der Waals surface area contributed by atoms with Crippen LogP contribution in [0, 0.1) is 34.5 Å². The Bertz CT molecular complexity index is 1040. The highest BCUT2D eigenvalue weighted by molar-refractivity contribution is 6.38. The Hall–Kier alpha value is -2.38. The van der Waals surface area contributed by atoms with E-state index >= 15 is 0 Å². The molecule has 0 bridgehead atoms. The predicted octanol–water partition coefficient (Wildman–Crippen LogP) is 4.82. The summed E-state index contributed by atoms with van der Waals surface area (Å²) in [4.78, 5) is 36.0. The maximum absolute atomic E-state index is 12.9. The minimum absolute atomic E-state index is 0.00834.